The molecule has 1 aromatic rings. The van der Waals surface area contributed by atoms with E-state index in [9.17, 15) is 4.79 Å². The fourth-order valence-electron chi connectivity index (χ4n) is 2.06. The number of carbonyl (C=O) groups excluding carboxylic acids is 1. The molecule has 0 fully saturated rings. The normalized spacial score (nSPS) is 11.8. The first-order valence-corrected chi connectivity index (χ1v) is 5.56. The topological polar surface area (TPSA) is 46.1 Å². The summed E-state index contributed by atoms with van der Waals surface area (Å²) in [5.41, 5.74) is -0.0179. The minimum absolute atomic E-state index is 0.0515. The lowest BCUT2D eigenvalue weighted by Gasteiger charge is -2.36. The maximum Gasteiger partial charge on any atom is 0.202 e. The highest BCUT2D eigenvalue weighted by Gasteiger charge is 2.38. The van der Waals surface area contributed by atoms with Crippen molar-refractivity contribution in [3.8, 4) is 0 Å². The Morgan fingerprint density at radius 1 is 1.31 bits per heavy atom. The number of hydrogen-bond acceptors (Lipinski definition) is 4. The molecule has 0 aliphatic heterocycles. The van der Waals surface area contributed by atoms with Gasteiger partial charge in [-0.2, -0.15) is 0 Å². The third-order valence-corrected chi connectivity index (χ3v) is 3.24. The number of rotatable bonds is 5. The van der Waals surface area contributed by atoms with Crippen molar-refractivity contribution in [2.75, 3.05) is 14.1 Å². The zero-order valence-corrected chi connectivity index (χ0v) is 10.4. The standard InChI is InChI=1S/C12H19N3O/c1-5-12(6-2,15(3)4)11(16)10-9-13-7-8-14-10/h7-9H,5-6H2,1-4H3. The van der Waals surface area contributed by atoms with Gasteiger partial charge in [-0.25, -0.2) is 4.98 Å². The smallest absolute Gasteiger partial charge is 0.202 e. The molecule has 0 saturated heterocycles. The zero-order valence-electron chi connectivity index (χ0n) is 10.4. The van der Waals surface area contributed by atoms with Crippen LogP contribution in [0.1, 0.15) is 37.2 Å². The van der Waals surface area contributed by atoms with E-state index < -0.39 is 5.54 Å². The van der Waals surface area contributed by atoms with Gasteiger partial charge in [0.1, 0.15) is 5.69 Å². The third kappa shape index (κ3) is 2.11. The van der Waals surface area contributed by atoms with Gasteiger partial charge in [-0.05, 0) is 26.9 Å². The molecule has 1 rings (SSSR count). The van der Waals surface area contributed by atoms with E-state index in [1.807, 2.05) is 32.8 Å². The minimum atomic E-state index is -0.462. The van der Waals surface area contributed by atoms with Crippen molar-refractivity contribution >= 4 is 5.78 Å². The van der Waals surface area contributed by atoms with Crippen LogP contribution in [0.15, 0.2) is 18.6 Å². The molecule has 0 N–H and O–H groups in total. The second-order valence-corrected chi connectivity index (χ2v) is 4.05. The lowest BCUT2D eigenvalue weighted by atomic mass is 9.85. The average Bonchev–Trinajstić information content (AvgIpc) is 2.32. The van der Waals surface area contributed by atoms with Crippen molar-refractivity contribution in [1.82, 2.24) is 14.9 Å². The first-order valence-electron chi connectivity index (χ1n) is 5.56. The van der Waals surface area contributed by atoms with Crippen molar-refractivity contribution in [1.29, 1.82) is 0 Å². The summed E-state index contributed by atoms with van der Waals surface area (Å²) < 4.78 is 0. The highest BCUT2D eigenvalue weighted by Crippen LogP contribution is 2.25. The molecule has 0 aliphatic carbocycles. The Labute approximate surface area is 96.7 Å². The summed E-state index contributed by atoms with van der Waals surface area (Å²) >= 11 is 0. The summed E-state index contributed by atoms with van der Waals surface area (Å²) in [5.74, 6) is 0.0515. The molecule has 0 bridgehead atoms. The van der Waals surface area contributed by atoms with Crippen molar-refractivity contribution in [2.45, 2.75) is 32.2 Å². The van der Waals surface area contributed by atoms with Crippen molar-refractivity contribution in [3.05, 3.63) is 24.3 Å². The lowest BCUT2D eigenvalue weighted by Crippen LogP contribution is -2.50. The van der Waals surface area contributed by atoms with Crippen LogP contribution in [-0.2, 0) is 0 Å². The van der Waals surface area contributed by atoms with Gasteiger partial charge in [0.2, 0.25) is 5.78 Å². The number of ketones is 1. The molecular weight excluding hydrogens is 202 g/mol. The number of carbonyl (C=O) groups is 1. The van der Waals surface area contributed by atoms with Crippen molar-refractivity contribution in [3.63, 3.8) is 0 Å². The van der Waals surface area contributed by atoms with Crippen LogP contribution in [-0.4, -0.2) is 40.3 Å². The van der Waals surface area contributed by atoms with Gasteiger partial charge in [0.15, 0.2) is 0 Å². The highest BCUT2D eigenvalue weighted by atomic mass is 16.1. The Morgan fingerprint density at radius 2 is 1.94 bits per heavy atom. The maximum absolute atomic E-state index is 12.4. The summed E-state index contributed by atoms with van der Waals surface area (Å²) in [6.45, 7) is 4.05. The van der Waals surface area contributed by atoms with Gasteiger partial charge in [-0.1, -0.05) is 13.8 Å². The van der Waals surface area contributed by atoms with Crippen LogP contribution in [0.25, 0.3) is 0 Å². The summed E-state index contributed by atoms with van der Waals surface area (Å²) in [6, 6.07) is 0. The average molecular weight is 221 g/mol. The van der Waals surface area contributed by atoms with Crippen LogP contribution in [0.3, 0.4) is 0 Å². The molecule has 88 valence electrons. The molecule has 0 aliphatic rings. The molecule has 0 unspecified atom stereocenters. The third-order valence-electron chi connectivity index (χ3n) is 3.24. The van der Waals surface area contributed by atoms with Gasteiger partial charge < -0.3 is 0 Å². The molecule has 0 saturated carbocycles. The van der Waals surface area contributed by atoms with E-state index in [0.717, 1.165) is 12.8 Å². The molecule has 4 heteroatoms. The van der Waals surface area contributed by atoms with Gasteiger partial charge >= 0.3 is 0 Å². The van der Waals surface area contributed by atoms with E-state index in [4.69, 9.17) is 0 Å². The molecule has 0 radical (unpaired) electrons. The molecule has 0 spiro atoms. The fraction of sp³-hybridized carbons (Fsp3) is 0.583. The lowest BCUT2D eigenvalue weighted by molar-refractivity contribution is 0.0650. The minimum Gasteiger partial charge on any atom is -0.297 e. The summed E-state index contributed by atoms with van der Waals surface area (Å²) in [5, 5.41) is 0. The van der Waals surface area contributed by atoms with Gasteiger partial charge in [0.05, 0.1) is 11.7 Å². The molecule has 0 aromatic carbocycles. The van der Waals surface area contributed by atoms with E-state index in [-0.39, 0.29) is 5.78 Å². The molecule has 1 aromatic heterocycles. The number of likely N-dealkylation sites (N-methyl/N-ethyl adjacent to an activating group) is 1. The fourth-order valence-corrected chi connectivity index (χ4v) is 2.06. The molecular formula is C12H19N3O. The number of aromatic nitrogens is 2. The van der Waals surface area contributed by atoms with Gasteiger partial charge in [0, 0.05) is 12.4 Å². The quantitative estimate of drug-likeness (QED) is 0.711. The summed E-state index contributed by atoms with van der Waals surface area (Å²) in [4.78, 5) is 22.4. The Balaban J connectivity index is 3.10. The van der Waals surface area contributed by atoms with Gasteiger partial charge in [0.25, 0.3) is 0 Å². The largest absolute Gasteiger partial charge is 0.297 e. The second kappa shape index (κ2) is 5.16. The van der Waals surface area contributed by atoms with Crippen LogP contribution in [0.4, 0.5) is 0 Å². The van der Waals surface area contributed by atoms with E-state index in [2.05, 4.69) is 9.97 Å². The van der Waals surface area contributed by atoms with Crippen LogP contribution in [0.5, 0.6) is 0 Å². The van der Waals surface area contributed by atoms with Crippen LogP contribution >= 0.6 is 0 Å². The first-order chi connectivity index (χ1) is 7.58. The molecule has 1 heterocycles. The predicted molar refractivity (Wildman–Crippen MR) is 63.4 cm³/mol. The second-order valence-electron chi connectivity index (χ2n) is 4.05. The van der Waals surface area contributed by atoms with Gasteiger partial charge in [-0.15, -0.1) is 0 Å². The Kier molecular flexibility index (Phi) is 4.12. The number of nitrogens with zero attached hydrogens (tertiary/aromatic N) is 3. The SMILES string of the molecule is CCC(CC)(C(=O)c1cnccn1)N(C)C. The summed E-state index contributed by atoms with van der Waals surface area (Å²) in [7, 11) is 3.86. The van der Waals surface area contributed by atoms with Crippen LogP contribution in [0, 0.1) is 0 Å². The monoisotopic (exact) mass is 221 g/mol. The first kappa shape index (κ1) is 12.8. The highest BCUT2D eigenvalue weighted by molar-refractivity contribution is 6.01. The Bertz CT molecular complexity index is 345. The van der Waals surface area contributed by atoms with Crippen molar-refractivity contribution < 1.29 is 4.79 Å². The molecule has 0 atom stereocenters. The van der Waals surface area contributed by atoms with Gasteiger partial charge in [-0.3, -0.25) is 14.7 Å². The van der Waals surface area contributed by atoms with Crippen molar-refractivity contribution in [2.24, 2.45) is 0 Å². The molecule has 16 heavy (non-hydrogen) atoms. The Hall–Kier alpha value is -1.29. The number of hydrogen-bond donors (Lipinski definition) is 0. The van der Waals surface area contributed by atoms with Crippen LogP contribution in [0.2, 0.25) is 0 Å². The van der Waals surface area contributed by atoms with E-state index >= 15 is 0 Å². The maximum atomic E-state index is 12.4. The van der Waals surface area contributed by atoms with E-state index in [1.54, 1.807) is 12.4 Å². The van der Waals surface area contributed by atoms with Crippen LogP contribution < -0.4 is 0 Å². The molecule has 0 amide bonds. The molecule has 4 nitrogen and oxygen atoms in total. The number of Topliss-reactive ketones (excluding diaryl/α,β-unsaturated/α-hetero) is 1. The van der Waals surface area contributed by atoms with E-state index in [0.29, 0.717) is 5.69 Å². The van der Waals surface area contributed by atoms with E-state index in [1.165, 1.54) is 6.20 Å². The predicted octanol–water partition coefficient (Wildman–Crippen LogP) is 1.78. The Morgan fingerprint density at radius 3 is 2.31 bits per heavy atom. The zero-order chi connectivity index (χ0) is 12.2. The summed E-state index contributed by atoms with van der Waals surface area (Å²) in [6.07, 6.45) is 6.20.